The molecule has 0 saturated carbocycles. The molecule has 2 amide bonds. The number of hydrazone groups is 1. The molecule has 3 rings (SSSR count). The van der Waals surface area contributed by atoms with Gasteiger partial charge in [-0.15, -0.1) is 0 Å². The molecule has 0 bridgehead atoms. The quantitative estimate of drug-likeness (QED) is 0.280. The van der Waals surface area contributed by atoms with E-state index in [1.165, 1.54) is 37.1 Å². The van der Waals surface area contributed by atoms with Crippen LogP contribution < -0.4 is 20.2 Å². The Bertz CT molecular complexity index is 1160. The predicted octanol–water partition coefficient (Wildman–Crippen LogP) is 4.98. The van der Waals surface area contributed by atoms with Crippen molar-refractivity contribution in [3.63, 3.8) is 0 Å². The zero-order valence-corrected chi connectivity index (χ0v) is 19.4. The lowest BCUT2D eigenvalue weighted by Crippen LogP contribution is -2.32. The van der Waals surface area contributed by atoms with Crippen molar-refractivity contribution in [1.82, 2.24) is 5.43 Å². The molecule has 170 valence electrons. The van der Waals surface area contributed by atoms with Gasteiger partial charge < -0.3 is 14.8 Å². The number of ether oxygens (including phenoxy) is 2. The molecule has 0 aliphatic rings. The van der Waals surface area contributed by atoms with Crippen LogP contribution in [0.25, 0.3) is 0 Å². The molecule has 33 heavy (non-hydrogen) atoms. The number of hydrogen-bond acceptors (Lipinski definition) is 5. The second-order valence-corrected chi connectivity index (χ2v) is 7.87. The molecule has 0 aromatic heterocycles. The predicted molar refractivity (Wildman–Crippen MR) is 129 cm³/mol. The molecule has 0 aliphatic heterocycles. The van der Waals surface area contributed by atoms with E-state index in [0.717, 1.165) is 5.56 Å². The van der Waals surface area contributed by atoms with Crippen molar-refractivity contribution < 1.29 is 19.1 Å². The van der Waals surface area contributed by atoms with Gasteiger partial charge in [0, 0.05) is 15.7 Å². The Morgan fingerprint density at radius 1 is 0.939 bits per heavy atom. The van der Waals surface area contributed by atoms with Gasteiger partial charge in [-0.1, -0.05) is 53.0 Å². The van der Waals surface area contributed by atoms with Crippen molar-refractivity contribution in [3.05, 3.63) is 87.4 Å². The van der Waals surface area contributed by atoms with Crippen molar-refractivity contribution in [2.75, 3.05) is 12.4 Å². The van der Waals surface area contributed by atoms with Gasteiger partial charge in [0.05, 0.1) is 13.3 Å². The van der Waals surface area contributed by atoms with Crippen LogP contribution in [0.15, 0.2) is 65.8 Å². The molecular formula is C24H21Cl2N3O4. The molecule has 0 fully saturated rings. The summed E-state index contributed by atoms with van der Waals surface area (Å²) in [6.45, 7) is 2.42. The maximum absolute atomic E-state index is 12.0. The number of aryl methyl sites for hydroxylation is 1. The van der Waals surface area contributed by atoms with Gasteiger partial charge in [0.15, 0.2) is 11.5 Å². The first kappa shape index (κ1) is 24.1. The lowest BCUT2D eigenvalue weighted by atomic mass is 10.2. The molecule has 0 spiro atoms. The molecule has 9 heteroatoms. The summed E-state index contributed by atoms with van der Waals surface area (Å²) < 4.78 is 11.2. The Morgan fingerprint density at radius 2 is 1.64 bits per heavy atom. The summed E-state index contributed by atoms with van der Waals surface area (Å²) in [6.07, 6.45) is 1.38. The number of methoxy groups -OCH3 is 1. The van der Waals surface area contributed by atoms with Gasteiger partial charge in [0.1, 0.15) is 6.61 Å². The Kier molecular flexibility index (Phi) is 8.29. The summed E-state index contributed by atoms with van der Waals surface area (Å²) in [5.41, 5.74) is 5.31. The van der Waals surface area contributed by atoms with E-state index in [4.69, 9.17) is 32.7 Å². The van der Waals surface area contributed by atoms with Crippen LogP contribution >= 0.6 is 23.2 Å². The van der Waals surface area contributed by atoms with Crippen molar-refractivity contribution in [2.45, 2.75) is 13.5 Å². The highest BCUT2D eigenvalue weighted by Crippen LogP contribution is 2.28. The highest BCUT2D eigenvalue weighted by Gasteiger charge is 2.13. The van der Waals surface area contributed by atoms with Crippen LogP contribution in [0.4, 0.5) is 5.69 Å². The molecule has 0 heterocycles. The molecule has 2 N–H and O–H groups in total. The van der Waals surface area contributed by atoms with E-state index in [-0.39, 0.29) is 0 Å². The molecule has 0 unspecified atom stereocenters. The lowest BCUT2D eigenvalue weighted by Gasteiger charge is -2.11. The van der Waals surface area contributed by atoms with Crippen molar-refractivity contribution in [3.8, 4) is 11.5 Å². The first-order valence-corrected chi connectivity index (χ1v) is 10.6. The SMILES string of the molecule is COc1cc(/C=N/NC(=O)C(=O)Nc2cc(Cl)cc(Cl)c2)ccc1OCc1ccc(C)cc1. The molecule has 3 aromatic carbocycles. The van der Waals surface area contributed by atoms with E-state index < -0.39 is 11.8 Å². The smallest absolute Gasteiger partial charge is 0.329 e. The van der Waals surface area contributed by atoms with E-state index in [1.807, 2.05) is 31.2 Å². The number of carbonyl (C=O) groups excluding carboxylic acids is 2. The van der Waals surface area contributed by atoms with Gasteiger partial charge in [0.2, 0.25) is 0 Å². The number of benzene rings is 3. The molecular weight excluding hydrogens is 465 g/mol. The molecule has 0 saturated heterocycles. The number of carbonyl (C=O) groups is 2. The maximum atomic E-state index is 12.0. The summed E-state index contributed by atoms with van der Waals surface area (Å²) in [4.78, 5) is 24.0. The highest BCUT2D eigenvalue weighted by atomic mass is 35.5. The molecule has 3 aromatic rings. The van der Waals surface area contributed by atoms with Gasteiger partial charge in [0.25, 0.3) is 0 Å². The number of anilines is 1. The van der Waals surface area contributed by atoms with Gasteiger partial charge >= 0.3 is 11.8 Å². The first-order valence-electron chi connectivity index (χ1n) is 9.81. The number of nitrogens with one attached hydrogen (secondary N) is 2. The van der Waals surface area contributed by atoms with Crippen LogP contribution in [0.5, 0.6) is 11.5 Å². The highest BCUT2D eigenvalue weighted by molar-refractivity contribution is 6.40. The van der Waals surface area contributed by atoms with E-state index in [9.17, 15) is 9.59 Å². The third-order valence-corrected chi connectivity index (χ3v) is 4.85. The van der Waals surface area contributed by atoms with E-state index in [2.05, 4.69) is 15.8 Å². The van der Waals surface area contributed by atoms with Gasteiger partial charge in [-0.2, -0.15) is 5.10 Å². The fourth-order valence-corrected chi connectivity index (χ4v) is 3.29. The van der Waals surface area contributed by atoms with Gasteiger partial charge in [-0.05, 0) is 54.4 Å². The number of rotatable bonds is 7. The van der Waals surface area contributed by atoms with Crippen molar-refractivity contribution >= 4 is 46.9 Å². The third kappa shape index (κ3) is 7.24. The third-order valence-electron chi connectivity index (χ3n) is 4.41. The molecule has 0 aliphatic carbocycles. The average molecular weight is 486 g/mol. The molecule has 0 radical (unpaired) electrons. The fraction of sp³-hybridized carbons (Fsp3) is 0.125. The standard InChI is InChI=1S/C24H21Cl2N3O4/c1-15-3-5-16(6-4-15)14-33-21-8-7-17(9-22(21)32-2)13-27-29-24(31)23(30)28-20-11-18(25)10-19(26)12-20/h3-13H,14H2,1-2H3,(H,28,30)(H,29,31)/b27-13+. The second-order valence-electron chi connectivity index (χ2n) is 7.00. The number of nitrogens with zero attached hydrogens (tertiary/aromatic N) is 1. The summed E-state index contributed by atoms with van der Waals surface area (Å²) in [5.74, 6) is -0.790. The van der Waals surface area contributed by atoms with Crippen molar-refractivity contribution in [2.24, 2.45) is 5.10 Å². The molecule has 7 nitrogen and oxygen atoms in total. The Balaban J connectivity index is 1.57. The summed E-state index contributed by atoms with van der Waals surface area (Å²) in [7, 11) is 1.53. The van der Waals surface area contributed by atoms with Crippen LogP contribution in [-0.4, -0.2) is 25.1 Å². The Hall–Kier alpha value is -3.55. The number of halogens is 2. The Morgan fingerprint density at radius 3 is 2.30 bits per heavy atom. The molecule has 0 atom stereocenters. The zero-order chi connectivity index (χ0) is 23.8. The van der Waals surface area contributed by atoms with E-state index in [1.54, 1.807) is 18.2 Å². The fourth-order valence-electron chi connectivity index (χ4n) is 2.76. The van der Waals surface area contributed by atoms with Crippen LogP contribution in [0, 0.1) is 6.92 Å². The number of amides is 2. The number of hydrogen-bond donors (Lipinski definition) is 2. The van der Waals surface area contributed by atoms with Crippen LogP contribution in [-0.2, 0) is 16.2 Å². The van der Waals surface area contributed by atoms with E-state index in [0.29, 0.717) is 39.4 Å². The van der Waals surface area contributed by atoms with Crippen LogP contribution in [0.3, 0.4) is 0 Å². The maximum Gasteiger partial charge on any atom is 0.329 e. The minimum Gasteiger partial charge on any atom is -0.493 e. The summed E-state index contributed by atoms with van der Waals surface area (Å²) >= 11 is 11.8. The topological polar surface area (TPSA) is 89.0 Å². The zero-order valence-electron chi connectivity index (χ0n) is 17.9. The Labute approximate surface area is 201 Å². The first-order chi connectivity index (χ1) is 15.8. The second kappa shape index (κ2) is 11.4. The van der Waals surface area contributed by atoms with E-state index >= 15 is 0 Å². The average Bonchev–Trinajstić information content (AvgIpc) is 2.78. The monoisotopic (exact) mass is 485 g/mol. The summed E-state index contributed by atoms with van der Waals surface area (Å²) in [5, 5.41) is 6.87. The largest absolute Gasteiger partial charge is 0.493 e. The minimum atomic E-state index is -0.952. The summed E-state index contributed by atoms with van der Waals surface area (Å²) in [6, 6.07) is 17.7. The normalized spacial score (nSPS) is 10.7. The van der Waals surface area contributed by atoms with Crippen LogP contribution in [0.1, 0.15) is 16.7 Å². The van der Waals surface area contributed by atoms with Crippen LogP contribution in [0.2, 0.25) is 10.0 Å². The van der Waals surface area contributed by atoms with Crippen molar-refractivity contribution in [1.29, 1.82) is 0 Å². The minimum absolute atomic E-state index is 0.294. The van der Waals surface area contributed by atoms with Gasteiger partial charge in [-0.25, -0.2) is 5.43 Å². The van der Waals surface area contributed by atoms with Gasteiger partial charge in [-0.3, -0.25) is 9.59 Å². The lowest BCUT2D eigenvalue weighted by molar-refractivity contribution is -0.136.